The number of carbonyl (C=O) groups excluding carboxylic acids is 1. The Morgan fingerprint density at radius 2 is 2.05 bits per heavy atom. The first-order chi connectivity index (χ1) is 10.0. The Labute approximate surface area is 122 Å². The zero-order valence-corrected chi connectivity index (χ0v) is 12.1. The highest BCUT2D eigenvalue weighted by atomic mass is 19.1. The lowest BCUT2D eigenvalue weighted by Crippen LogP contribution is -2.18. The van der Waals surface area contributed by atoms with Gasteiger partial charge in [0.15, 0.2) is 0 Å². The van der Waals surface area contributed by atoms with Crippen LogP contribution in [0, 0.1) is 5.82 Å². The summed E-state index contributed by atoms with van der Waals surface area (Å²) >= 11 is 0. The Morgan fingerprint density at radius 3 is 2.62 bits per heavy atom. The van der Waals surface area contributed by atoms with Gasteiger partial charge in [-0.3, -0.25) is 9.78 Å². The molecule has 0 unspecified atom stereocenters. The van der Waals surface area contributed by atoms with Crippen LogP contribution in [-0.4, -0.2) is 29.0 Å². The molecule has 0 atom stereocenters. The quantitative estimate of drug-likeness (QED) is 0.939. The van der Waals surface area contributed by atoms with E-state index in [-0.39, 0.29) is 17.7 Å². The van der Waals surface area contributed by atoms with Crippen LogP contribution in [0.15, 0.2) is 30.6 Å². The van der Waals surface area contributed by atoms with Crippen molar-refractivity contribution in [3.05, 3.63) is 42.1 Å². The number of carbonyl (C=O) groups is 1. The van der Waals surface area contributed by atoms with Crippen molar-refractivity contribution in [2.24, 2.45) is 0 Å². The summed E-state index contributed by atoms with van der Waals surface area (Å²) in [6.07, 6.45) is 2.51. The second-order valence-electron chi connectivity index (χ2n) is 4.68. The number of nitrogens with zero attached hydrogens (tertiary/aromatic N) is 2. The molecule has 0 aliphatic heterocycles. The maximum Gasteiger partial charge on any atom is 0.269 e. The summed E-state index contributed by atoms with van der Waals surface area (Å²) in [6.45, 7) is 3.73. The van der Waals surface area contributed by atoms with Crippen molar-refractivity contribution in [1.29, 1.82) is 0 Å². The van der Waals surface area contributed by atoms with Gasteiger partial charge in [0.25, 0.3) is 5.91 Å². The molecule has 2 rings (SSSR count). The van der Waals surface area contributed by atoms with E-state index in [4.69, 9.17) is 4.74 Å². The van der Waals surface area contributed by atoms with Gasteiger partial charge in [0, 0.05) is 30.4 Å². The summed E-state index contributed by atoms with van der Waals surface area (Å²) < 4.78 is 19.3. The van der Waals surface area contributed by atoms with Crippen LogP contribution in [0.1, 0.15) is 24.3 Å². The fourth-order valence-corrected chi connectivity index (χ4v) is 1.76. The Hall–Kier alpha value is -2.50. The van der Waals surface area contributed by atoms with E-state index in [1.165, 1.54) is 25.4 Å². The normalized spacial score (nSPS) is 10.5. The summed E-state index contributed by atoms with van der Waals surface area (Å²) in [7, 11) is 1.52. The molecule has 2 aromatic heterocycles. The van der Waals surface area contributed by atoms with Gasteiger partial charge < -0.3 is 10.1 Å². The second-order valence-corrected chi connectivity index (χ2v) is 4.68. The summed E-state index contributed by atoms with van der Waals surface area (Å²) in [5.74, 6) is -0.419. The predicted molar refractivity (Wildman–Crippen MR) is 76.6 cm³/mol. The van der Waals surface area contributed by atoms with Gasteiger partial charge in [0.05, 0.1) is 12.3 Å². The average Bonchev–Trinajstić information content (AvgIpc) is 2.48. The van der Waals surface area contributed by atoms with Crippen molar-refractivity contribution in [1.82, 2.24) is 15.3 Å². The number of aromatic nitrogens is 2. The lowest BCUT2D eigenvalue weighted by molar-refractivity contribution is 0.0958. The van der Waals surface area contributed by atoms with Crippen molar-refractivity contribution in [2.45, 2.75) is 20.0 Å². The SMILES string of the molecule is CNC(=O)c1ccc(-c2cc(OC(C)C)ncc2F)cn1. The Balaban J connectivity index is 2.34. The highest BCUT2D eigenvalue weighted by molar-refractivity contribution is 5.92. The Bertz CT molecular complexity index is 642. The molecule has 0 saturated heterocycles. The van der Waals surface area contributed by atoms with Crippen LogP contribution in [0.2, 0.25) is 0 Å². The number of hydrogen-bond donors (Lipinski definition) is 1. The molecule has 0 saturated carbocycles. The maximum absolute atomic E-state index is 13.9. The van der Waals surface area contributed by atoms with E-state index in [1.54, 1.807) is 6.07 Å². The van der Waals surface area contributed by atoms with Crippen molar-refractivity contribution in [3.63, 3.8) is 0 Å². The standard InChI is InChI=1S/C15H16FN3O2/c1-9(2)21-14-6-11(12(16)8-19-14)10-4-5-13(18-7-10)15(20)17-3/h4-9H,1-3H3,(H,17,20). The van der Waals surface area contributed by atoms with Gasteiger partial charge in [-0.1, -0.05) is 6.07 Å². The van der Waals surface area contributed by atoms with Crippen molar-refractivity contribution >= 4 is 5.91 Å². The zero-order chi connectivity index (χ0) is 15.4. The number of nitrogens with one attached hydrogen (secondary N) is 1. The molecule has 6 heteroatoms. The molecule has 110 valence electrons. The first kappa shape index (κ1) is 14.9. The number of hydrogen-bond acceptors (Lipinski definition) is 4. The van der Waals surface area contributed by atoms with Crippen LogP contribution in [0.5, 0.6) is 5.88 Å². The third kappa shape index (κ3) is 3.53. The van der Waals surface area contributed by atoms with Gasteiger partial charge in [-0.05, 0) is 19.9 Å². The second kappa shape index (κ2) is 6.30. The molecule has 2 aromatic rings. The third-order valence-electron chi connectivity index (χ3n) is 2.72. The van der Waals surface area contributed by atoms with Gasteiger partial charge in [0.1, 0.15) is 11.5 Å². The molecule has 0 aliphatic carbocycles. The van der Waals surface area contributed by atoms with E-state index in [1.807, 2.05) is 13.8 Å². The van der Waals surface area contributed by atoms with E-state index in [2.05, 4.69) is 15.3 Å². The first-order valence-corrected chi connectivity index (χ1v) is 6.52. The molecule has 0 spiro atoms. The molecule has 0 fully saturated rings. The molecule has 1 amide bonds. The molecule has 0 radical (unpaired) electrons. The van der Waals surface area contributed by atoms with E-state index in [0.29, 0.717) is 17.0 Å². The molecule has 1 N–H and O–H groups in total. The zero-order valence-electron chi connectivity index (χ0n) is 12.1. The highest BCUT2D eigenvalue weighted by Gasteiger charge is 2.11. The summed E-state index contributed by atoms with van der Waals surface area (Å²) in [5.41, 5.74) is 1.15. The van der Waals surface area contributed by atoms with Crippen LogP contribution in [0.4, 0.5) is 4.39 Å². The van der Waals surface area contributed by atoms with Gasteiger partial charge >= 0.3 is 0 Å². The number of rotatable bonds is 4. The van der Waals surface area contributed by atoms with Crippen LogP contribution in [0.25, 0.3) is 11.1 Å². The molecule has 0 bridgehead atoms. The van der Waals surface area contributed by atoms with Crippen LogP contribution >= 0.6 is 0 Å². The molecule has 2 heterocycles. The van der Waals surface area contributed by atoms with Gasteiger partial charge in [-0.15, -0.1) is 0 Å². The van der Waals surface area contributed by atoms with Crippen molar-refractivity contribution in [3.8, 4) is 17.0 Å². The largest absolute Gasteiger partial charge is 0.475 e. The molecular formula is C15H16FN3O2. The van der Waals surface area contributed by atoms with E-state index < -0.39 is 5.82 Å². The maximum atomic E-state index is 13.9. The van der Waals surface area contributed by atoms with E-state index in [0.717, 1.165) is 6.20 Å². The van der Waals surface area contributed by atoms with Gasteiger partial charge in [-0.25, -0.2) is 9.37 Å². The first-order valence-electron chi connectivity index (χ1n) is 6.52. The monoisotopic (exact) mass is 289 g/mol. The Kier molecular flexibility index (Phi) is 4.47. The molecule has 0 aliphatic rings. The number of amides is 1. The van der Waals surface area contributed by atoms with Gasteiger partial charge in [-0.2, -0.15) is 0 Å². The summed E-state index contributed by atoms with van der Waals surface area (Å²) in [6, 6.07) is 4.69. The third-order valence-corrected chi connectivity index (χ3v) is 2.72. The van der Waals surface area contributed by atoms with Gasteiger partial charge in [0.2, 0.25) is 5.88 Å². The number of pyridine rings is 2. The van der Waals surface area contributed by atoms with Crippen LogP contribution in [0.3, 0.4) is 0 Å². The Morgan fingerprint density at radius 1 is 1.29 bits per heavy atom. The predicted octanol–water partition coefficient (Wildman–Crippen LogP) is 2.43. The van der Waals surface area contributed by atoms with E-state index in [9.17, 15) is 9.18 Å². The summed E-state index contributed by atoms with van der Waals surface area (Å²) in [4.78, 5) is 19.3. The minimum Gasteiger partial charge on any atom is -0.475 e. The van der Waals surface area contributed by atoms with Crippen molar-refractivity contribution in [2.75, 3.05) is 7.05 Å². The lowest BCUT2D eigenvalue weighted by atomic mass is 10.1. The molecule has 21 heavy (non-hydrogen) atoms. The smallest absolute Gasteiger partial charge is 0.269 e. The average molecular weight is 289 g/mol. The number of ether oxygens (including phenoxy) is 1. The lowest BCUT2D eigenvalue weighted by Gasteiger charge is -2.10. The summed E-state index contributed by atoms with van der Waals surface area (Å²) in [5, 5.41) is 2.48. The van der Waals surface area contributed by atoms with E-state index >= 15 is 0 Å². The number of halogens is 1. The molecule has 0 aromatic carbocycles. The fourth-order valence-electron chi connectivity index (χ4n) is 1.76. The minimum absolute atomic E-state index is 0.0513. The fraction of sp³-hybridized carbons (Fsp3) is 0.267. The van der Waals surface area contributed by atoms with Crippen LogP contribution < -0.4 is 10.1 Å². The van der Waals surface area contributed by atoms with Crippen molar-refractivity contribution < 1.29 is 13.9 Å². The minimum atomic E-state index is -0.472. The molecular weight excluding hydrogens is 273 g/mol. The molecule has 5 nitrogen and oxygen atoms in total. The highest BCUT2D eigenvalue weighted by Crippen LogP contribution is 2.25. The topological polar surface area (TPSA) is 64.1 Å². The van der Waals surface area contributed by atoms with Crippen LogP contribution in [-0.2, 0) is 0 Å².